The molecule has 84 valence electrons. The minimum Gasteiger partial charge on any atom is -0.316 e. The van der Waals surface area contributed by atoms with Crippen molar-refractivity contribution in [3.8, 4) is 0 Å². The van der Waals surface area contributed by atoms with E-state index >= 15 is 0 Å². The number of nitrogens with one attached hydrogen (secondary N) is 1. The van der Waals surface area contributed by atoms with Crippen LogP contribution in [-0.2, 0) is 7.05 Å². The molecule has 0 spiro atoms. The number of aromatic nitrogens is 2. The number of hydrogen-bond acceptors (Lipinski definition) is 2. The van der Waals surface area contributed by atoms with Gasteiger partial charge in [-0.15, -0.1) is 0 Å². The Morgan fingerprint density at radius 2 is 2.40 bits per heavy atom. The highest BCUT2D eigenvalue weighted by Crippen LogP contribution is 2.47. The average Bonchev–Trinajstić information content (AvgIpc) is 2.86. The van der Waals surface area contributed by atoms with Gasteiger partial charge in [0.1, 0.15) is 0 Å². The highest BCUT2D eigenvalue weighted by molar-refractivity contribution is 5.27. The summed E-state index contributed by atoms with van der Waals surface area (Å²) in [6.45, 7) is 6.65. The molecule has 2 atom stereocenters. The van der Waals surface area contributed by atoms with Gasteiger partial charge in [0.2, 0.25) is 0 Å². The van der Waals surface area contributed by atoms with Crippen LogP contribution in [0, 0.1) is 12.8 Å². The van der Waals surface area contributed by atoms with Gasteiger partial charge in [-0.25, -0.2) is 0 Å². The molecule has 1 heterocycles. The summed E-state index contributed by atoms with van der Waals surface area (Å²) in [6, 6.07) is 0. The molecule has 0 aliphatic heterocycles. The predicted octanol–water partition coefficient (Wildman–Crippen LogP) is 1.83. The van der Waals surface area contributed by atoms with E-state index in [0.29, 0.717) is 0 Å². The van der Waals surface area contributed by atoms with Gasteiger partial charge in [0.25, 0.3) is 0 Å². The predicted molar refractivity (Wildman–Crippen MR) is 62.0 cm³/mol. The maximum atomic E-state index is 4.40. The topological polar surface area (TPSA) is 29.9 Å². The zero-order valence-electron chi connectivity index (χ0n) is 9.95. The Balaban J connectivity index is 1.85. The van der Waals surface area contributed by atoms with Gasteiger partial charge in [0.15, 0.2) is 0 Å². The first kappa shape index (κ1) is 10.7. The molecule has 2 unspecified atom stereocenters. The Hall–Kier alpha value is -0.830. The lowest BCUT2D eigenvalue weighted by atomic mass is 10.1. The monoisotopic (exact) mass is 207 g/mol. The van der Waals surface area contributed by atoms with Crippen molar-refractivity contribution in [1.29, 1.82) is 0 Å². The van der Waals surface area contributed by atoms with E-state index < -0.39 is 0 Å². The lowest BCUT2D eigenvalue weighted by Gasteiger charge is -2.01. The smallest absolute Gasteiger partial charge is 0.0628 e. The summed E-state index contributed by atoms with van der Waals surface area (Å²) in [5.41, 5.74) is 2.67. The maximum absolute atomic E-state index is 4.40. The van der Waals surface area contributed by atoms with Crippen molar-refractivity contribution >= 4 is 0 Å². The number of aryl methyl sites for hydroxylation is 2. The third-order valence-corrected chi connectivity index (χ3v) is 3.21. The molecular weight excluding hydrogens is 186 g/mol. The molecule has 1 aromatic rings. The van der Waals surface area contributed by atoms with Gasteiger partial charge in [-0.2, -0.15) is 5.10 Å². The van der Waals surface area contributed by atoms with Crippen molar-refractivity contribution in [3.05, 3.63) is 17.5 Å². The molecule has 1 aliphatic rings. The Kier molecular flexibility index (Phi) is 3.10. The van der Waals surface area contributed by atoms with E-state index in [1.54, 1.807) is 0 Å². The van der Waals surface area contributed by atoms with Crippen LogP contribution in [0.2, 0.25) is 0 Å². The fraction of sp³-hybridized carbons (Fsp3) is 0.750. The first-order valence-electron chi connectivity index (χ1n) is 5.93. The van der Waals surface area contributed by atoms with Crippen LogP contribution in [0.5, 0.6) is 0 Å². The quantitative estimate of drug-likeness (QED) is 0.747. The third kappa shape index (κ3) is 2.40. The van der Waals surface area contributed by atoms with Crippen molar-refractivity contribution < 1.29 is 0 Å². The van der Waals surface area contributed by atoms with E-state index in [1.807, 2.05) is 11.7 Å². The molecule has 1 aliphatic carbocycles. The maximum Gasteiger partial charge on any atom is 0.0628 e. The van der Waals surface area contributed by atoms with Crippen LogP contribution in [0.15, 0.2) is 6.20 Å². The van der Waals surface area contributed by atoms with Crippen molar-refractivity contribution in [3.63, 3.8) is 0 Å². The molecule has 3 heteroatoms. The Bertz CT molecular complexity index is 330. The van der Waals surface area contributed by atoms with E-state index in [9.17, 15) is 0 Å². The van der Waals surface area contributed by atoms with Gasteiger partial charge in [0.05, 0.1) is 5.69 Å². The largest absolute Gasteiger partial charge is 0.316 e. The summed E-state index contributed by atoms with van der Waals surface area (Å²) in [6.07, 6.45) is 4.74. The number of rotatable bonds is 5. The summed E-state index contributed by atoms with van der Waals surface area (Å²) < 4.78 is 1.93. The van der Waals surface area contributed by atoms with Crippen LogP contribution in [0.3, 0.4) is 0 Å². The van der Waals surface area contributed by atoms with Gasteiger partial charge in [0, 0.05) is 13.2 Å². The molecule has 1 N–H and O–H groups in total. The number of nitrogens with zero attached hydrogens (tertiary/aromatic N) is 2. The molecule has 2 rings (SSSR count). The Morgan fingerprint density at radius 1 is 1.60 bits per heavy atom. The van der Waals surface area contributed by atoms with Crippen LogP contribution in [0.4, 0.5) is 0 Å². The third-order valence-electron chi connectivity index (χ3n) is 3.21. The summed E-state index contributed by atoms with van der Waals surface area (Å²) in [5.74, 6) is 1.61. The minimum absolute atomic E-state index is 0.767. The molecule has 3 nitrogen and oxygen atoms in total. The van der Waals surface area contributed by atoms with E-state index in [0.717, 1.165) is 18.4 Å². The van der Waals surface area contributed by atoms with Crippen molar-refractivity contribution in [2.45, 2.75) is 32.6 Å². The average molecular weight is 207 g/mol. The molecule has 0 aromatic carbocycles. The van der Waals surface area contributed by atoms with Gasteiger partial charge in [-0.1, -0.05) is 6.92 Å². The summed E-state index contributed by atoms with van der Waals surface area (Å²) in [4.78, 5) is 0. The van der Waals surface area contributed by atoms with Gasteiger partial charge < -0.3 is 5.32 Å². The highest BCUT2D eigenvalue weighted by atomic mass is 15.2. The second-order valence-electron chi connectivity index (χ2n) is 4.65. The first-order valence-corrected chi connectivity index (χ1v) is 5.93. The fourth-order valence-electron chi connectivity index (χ4n) is 2.30. The molecule has 1 fully saturated rings. The van der Waals surface area contributed by atoms with Crippen LogP contribution in [0.25, 0.3) is 0 Å². The summed E-state index contributed by atoms with van der Waals surface area (Å²) in [5, 5.41) is 7.90. The van der Waals surface area contributed by atoms with Crippen molar-refractivity contribution in [1.82, 2.24) is 15.1 Å². The normalized spacial score (nSPS) is 24.5. The first-order chi connectivity index (χ1) is 7.22. The molecule has 1 aromatic heterocycles. The molecule has 0 bridgehead atoms. The zero-order valence-corrected chi connectivity index (χ0v) is 9.95. The van der Waals surface area contributed by atoms with Gasteiger partial charge >= 0.3 is 0 Å². The van der Waals surface area contributed by atoms with Crippen LogP contribution >= 0.6 is 0 Å². The molecular formula is C12H21N3. The Labute approximate surface area is 91.9 Å². The van der Waals surface area contributed by atoms with E-state index in [2.05, 4.69) is 30.5 Å². The molecule has 1 saturated carbocycles. The van der Waals surface area contributed by atoms with Gasteiger partial charge in [-0.05, 0) is 50.3 Å². The van der Waals surface area contributed by atoms with Gasteiger partial charge in [-0.3, -0.25) is 4.68 Å². The second kappa shape index (κ2) is 4.35. The SMILES string of the molecule is CCCNCC1CC1c1cn(C)nc1C. The summed E-state index contributed by atoms with van der Waals surface area (Å²) >= 11 is 0. The van der Waals surface area contributed by atoms with E-state index in [4.69, 9.17) is 0 Å². The van der Waals surface area contributed by atoms with Crippen LogP contribution in [0.1, 0.15) is 36.9 Å². The fourth-order valence-corrected chi connectivity index (χ4v) is 2.30. The number of hydrogen-bond donors (Lipinski definition) is 1. The van der Waals surface area contributed by atoms with Crippen molar-refractivity contribution in [2.75, 3.05) is 13.1 Å². The molecule has 0 radical (unpaired) electrons. The van der Waals surface area contributed by atoms with Crippen molar-refractivity contribution in [2.24, 2.45) is 13.0 Å². The zero-order chi connectivity index (χ0) is 10.8. The van der Waals surface area contributed by atoms with E-state index in [-0.39, 0.29) is 0 Å². The minimum atomic E-state index is 0.767. The molecule has 0 amide bonds. The highest BCUT2D eigenvalue weighted by Gasteiger charge is 2.39. The van der Waals surface area contributed by atoms with Crippen LogP contribution < -0.4 is 5.32 Å². The second-order valence-corrected chi connectivity index (χ2v) is 4.65. The molecule has 15 heavy (non-hydrogen) atoms. The van der Waals surface area contributed by atoms with Crippen LogP contribution in [-0.4, -0.2) is 22.9 Å². The standard InChI is InChI=1S/C12H21N3/c1-4-5-13-7-10-6-11(10)12-8-15(3)14-9(12)2/h8,10-11,13H,4-7H2,1-3H3. The lowest BCUT2D eigenvalue weighted by Crippen LogP contribution is -2.17. The lowest BCUT2D eigenvalue weighted by molar-refractivity contribution is 0.619. The molecule has 0 saturated heterocycles. The Morgan fingerprint density at radius 3 is 3.00 bits per heavy atom. The summed E-state index contributed by atoms with van der Waals surface area (Å²) in [7, 11) is 2.00. The van der Waals surface area contributed by atoms with E-state index in [1.165, 1.54) is 30.6 Å².